The van der Waals surface area contributed by atoms with Crippen molar-refractivity contribution >= 4 is 22.9 Å². The van der Waals surface area contributed by atoms with Crippen molar-refractivity contribution in [2.24, 2.45) is 5.73 Å². The Hall–Kier alpha value is -2.14. The molecule has 0 fully saturated rings. The van der Waals surface area contributed by atoms with Crippen LogP contribution in [0, 0.1) is 6.92 Å². The second kappa shape index (κ2) is 6.34. The Kier molecular flexibility index (Phi) is 4.53. The zero-order valence-electron chi connectivity index (χ0n) is 11.5. The maximum Gasteiger partial charge on any atom is 0.213 e. The first-order valence-electron chi connectivity index (χ1n) is 6.23. The molecule has 0 bridgehead atoms. The van der Waals surface area contributed by atoms with Crippen LogP contribution in [-0.2, 0) is 6.54 Å². The second-order valence-corrected chi connectivity index (χ2v) is 4.91. The highest BCUT2D eigenvalue weighted by Crippen LogP contribution is 2.19. The molecule has 1 heterocycles. The van der Waals surface area contributed by atoms with Gasteiger partial charge in [0, 0.05) is 30.1 Å². The molecule has 4 nitrogen and oxygen atoms in total. The van der Waals surface area contributed by atoms with Crippen LogP contribution in [0.2, 0.25) is 0 Å². The SMILES string of the molecule is COc1cc(CNc2ccc(C)cc2C(N)=S)ccn1. The smallest absolute Gasteiger partial charge is 0.213 e. The van der Waals surface area contributed by atoms with Crippen LogP contribution in [0.25, 0.3) is 0 Å². The van der Waals surface area contributed by atoms with E-state index in [2.05, 4.69) is 10.3 Å². The molecule has 0 radical (unpaired) electrons. The number of aromatic nitrogens is 1. The molecule has 0 unspecified atom stereocenters. The maximum absolute atomic E-state index is 5.76. The molecule has 0 atom stereocenters. The number of nitrogens with one attached hydrogen (secondary N) is 1. The van der Waals surface area contributed by atoms with Crippen molar-refractivity contribution < 1.29 is 4.74 Å². The van der Waals surface area contributed by atoms with E-state index in [4.69, 9.17) is 22.7 Å². The average Bonchev–Trinajstić information content (AvgIpc) is 2.46. The number of hydrogen-bond acceptors (Lipinski definition) is 4. The second-order valence-electron chi connectivity index (χ2n) is 4.47. The molecule has 20 heavy (non-hydrogen) atoms. The summed E-state index contributed by atoms with van der Waals surface area (Å²) in [6.07, 6.45) is 1.72. The largest absolute Gasteiger partial charge is 0.481 e. The first-order valence-corrected chi connectivity index (χ1v) is 6.64. The molecule has 1 aromatic carbocycles. The van der Waals surface area contributed by atoms with Gasteiger partial charge in [-0.2, -0.15) is 0 Å². The van der Waals surface area contributed by atoms with E-state index in [1.165, 1.54) is 0 Å². The van der Waals surface area contributed by atoms with Gasteiger partial charge in [0.25, 0.3) is 0 Å². The quantitative estimate of drug-likeness (QED) is 0.828. The molecule has 2 rings (SSSR count). The van der Waals surface area contributed by atoms with Crippen LogP contribution in [-0.4, -0.2) is 17.1 Å². The molecule has 0 aliphatic heterocycles. The van der Waals surface area contributed by atoms with Crippen molar-refractivity contribution in [3.05, 3.63) is 53.2 Å². The molecule has 0 spiro atoms. The van der Waals surface area contributed by atoms with Gasteiger partial charge in [-0.25, -0.2) is 4.98 Å². The van der Waals surface area contributed by atoms with E-state index < -0.39 is 0 Å². The van der Waals surface area contributed by atoms with E-state index >= 15 is 0 Å². The van der Waals surface area contributed by atoms with E-state index in [-0.39, 0.29) is 0 Å². The minimum Gasteiger partial charge on any atom is -0.481 e. The lowest BCUT2D eigenvalue weighted by Gasteiger charge is -2.12. The third kappa shape index (κ3) is 3.45. The summed E-state index contributed by atoms with van der Waals surface area (Å²) in [6.45, 7) is 2.66. The molecule has 0 aliphatic rings. The first kappa shape index (κ1) is 14.3. The van der Waals surface area contributed by atoms with Gasteiger partial charge >= 0.3 is 0 Å². The monoisotopic (exact) mass is 287 g/mol. The summed E-state index contributed by atoms with van der Waals surface area (Å²) in [4.78, 5) is 4.47. The lowest BCUT2D eigenvalue weighted by molar-refractivity contribution is 0.397. The molecular formula is C15H17N3OS. The lowest BCUT2D eigenvalue weighted by atomic mass is 10.1. The Morgan fingerprint density at radius 2 is 2.15 bits per heavy atom. The van der Waals surface area contributed by atoms with Crippen LogP contribution in [0.5, 0.6) is 5.88 Å². The molecule has 1 aromatic heterocycles. The lowest BCUT2D eigenvalue weighted by Crippen LogP contribution is -2.13. The molecule has 0 aliphatic carbocycles. The van der Waals surface area contributed by atoms with Gasteiger partial charge in [0.2, 0.25) is 5.88 Å². The number of anilines is 1. The Morgan fingerprint density at radius 1 is 1.35 bits per heavy atom. The predicted octanol–water partition coefficient (Wildman–Crippen LogP) is 2.64. The summed E-state index contributed by atoms with van der Waals surface area (Å²) < 4.78 is 5.10. The number of hydrogen-bond donors (Lipinski definition) is 2. The van der Waals surface area contributed by atoms with Crippen LogP contribution < -0.4 is 15.8 Å². The fourth-order valence-electron chi connectivity index (χ4n) is 1.89. The number of aryl methyl sites for hydroxylation is 1. The Balaban J connectivity index is 2.16. The van der Waals surface area contributed by atoms with Crippen molar-refractivity contribution in [3.63, 3.8) is 0 Å². The minimum atomic E-state index is 0.392. The summed E-state index contributed by atoms with van der Waals surface area (Å²) in [7, 11) is 1.60. The standard InChI is InChI=1S/C15H17N3OS/c1-10-3-4-13(12(7-10)15(16)20)18-9-11-5-6-17-14(8-11)19-2/h3-8,18H,9H2,1-2H3,(H2,16,20). The third-order valence-corrected chi connectivity index (χ3v) is 3.15. The molecule has 5 heteroatoms. The van der Waals surface area contributed by atoms with Gasteiger partial charge in [-0.15, -0.1) is 0 Å². The highest BCUT2D eigenvalue weighted by Gasteiger charge is 2.05. The predicted molar refractivity (Wildman–Crippen MR) is 85.2 cm³/mol. The Bertz CT molecular complexity index is 628. The van der Waals surface area contributed by atoms with Crippen LogP contribution in [0.3, 0.4) is 0 Å². The van der Waals surface area contributed by atoms with E-state index in [1.807, 2.05) is 37.3 Å². The molecule has 3 N–H and O–H groups in total. The van der Waals surface area contributed by atoms with Gasteiger partial charge in [-0.1, -0.05) is 23.8 Å². The van der Waals surface area contributed by atoms with Gasteiger partial charge in [-0.05, 0) is 30.7 Å². The summed E-state index contributed by atoms with van der Waals surface area (Å²) in [6, 6.07) is 9.82. The van der Waals surface area contributed by atoms with Gasteiger partial charge in [-0.3, -0.25) is 0 Å². The highest BCUT2D eigenvalue weighted by molar-refractivity contribution is 7.80. The number of nitrogens with zero attached hydrogens (tertiary/aromatic N) is 1. The van der Waals surface area contributed by atoms with Crippen molar-refractivity contribution in [1.29, 1.82) is 0 Å². The molecule has 2 aromatic rings. The van der Waals surface area contributed by atoms with E-state index in [0.717, 1.165) is 22.4 Å². The number of ether oxygens (including phenoxy) is 1. The number of rotatable bonds is 5. The Morgan fingerprint density at radius 3 is 2.85 bits per heavy atom. The third-order valence-electron chi connectivity index (χ3n) is 2.93. The number of pyridine rings is 1. The van der Waals surface area contributed by atoms with E-state index in [9.17, 15) is 0 Å². The average molecular weight is 287 g/mol. The van der Waals surface area contributed by atoms with Crippen LogP contribution in [0.1, 0.15) is 16.7 Å². The normalized spacial score (nSPS) is 10.1. The highest BCUT2D eigenvalue weighted by atomic mass is 32.1. The van der Waals surface area contributed by atoms with Crippen molar-refractivity contribution in [2.45, 2.75) is 13.5 Å². The molecule has 104 valence electrons. The maximum atomic E-state index is 5.76. The number of nitrogens with two attached hydrogens (primary N) is 1. The number of benzene rings is 1. The summed E-state index contributed by atoms with van der Waals surface area (Å²) in [5.74, 6) is 0.600. The first-order chi connectivity index (χ1) is 9.60. The topological polar surface area (TPSA) is 60.2 Å². The summed E-state index contributed by atoms with van der Waals surface area (Å²) >= 11 is 5.09. The molecular weight excluding hydrogens is 270 g/mol. The molecule has 0 amide bonds. The fraction of sp³-hybridized carbons (Fsp3) is 0.200. The number of thiocarbonyl (C=S) groups is 1. The van der Waals surface area contributed by atoms with Crippen molar-refractivity contribution in [2.75, 3.05) is 12.4 Å². The van der Waals surface area contributed by atoms with Crippen molar-refractivity contribution in [1.82, 2.24) is 4.98 Å². The minimum absolute atomic E-state index is 0.392. The van der Waals surface area contributed by atoms with Crippen LogP contribution in [0.4, 0.5) is 5.69 Å². The summed E-state index contributed by atoms with van der Waals surface area (Å²) in [5.41, 5.74) is 9.76. The van der Waals surface area contributed by atoms with Crippen LogP contribution >= 0.6 is 12.2 Å². The Labute approximate surface area is 124 Å². The zero-order valence-corrected chi connectivity index (χ0v) is 12.3. The number of methoxy groups -OCH3 is 1. The van der Waals surface area contributed by atoms with Crippen molar-refractivity contribution in [3.8, 4) is 5.88 Å². The molecule has 0 saturated carbocycles. The summed E-state index contributed by atoms with van der Waals surface area (Å²) in [5, 5.41) is 3.34. The van der Waals surface area contributed by atoms with Gasteiger partial charge in [0.15, 0.2) is 0 Å². The van der Waals surface area contributed by atoms with E-state index in [0.29, 0.717) is 17.4 Å². The van der Waals surface area contributed by atoms with Crippen LogP contribution in [0.15, 0.2) is 36.5 Å². The van der Waals surface area contributed by atoms with Gasteiger partial charge in [0.1, 0.15) is 4.99 Å². The van der Waals surface area contributed by atoms with E-state index in [1.54, 1.807) is 13.3 Å². The van der Waals surface area contributed by atoms with Gasteiger partial charge in [0.05, 0.1) is 7.11 Å². The zero-order chi connectivity index (χ0) is 14.5. The fourth-order valence-corrected chi connectivity index (χ4v) is 2.05. The van der Waals surface area contributed by atoms with Gasteiger partial charge < -0.3 is 15.8 Å². The molecule has 0 saturated heterocycles.